The number of hydrogen-bond donors (Lipinski definition) is 7. The molecule has 0 spiro atoms. The van der Waals surface area contributed by atoms with E-state index in [2.05, 4.69) is 20.1 Å². The highest BCUT2D eigenvalue weighted by Gasteiger charge is 2.25. The lowest BCUT2D eigenvalue weighted by atomic mass is 10.2. The van der Waals surface area contributed by atoms with Crippen LogP contribution in [0.5, 0.6) is 0 Å². The van der Waals surface area contributed by atoms with Crippen LogP contribution in [0.2, 0.25) is 0 Å². The minimum atomic E-state index is -1.32. The number of carbonyl (C=O) groups excluding carboxylic acids is 11. The summed E-state index contributed by atoms with van der Waals surface area (Å²) in [6.45, 7) is -3.38. The van der Waals surface area contributed by atoms with Gasteiger partial charge in [-0.3, -0.25) is 87.3 Å². The van der Waals surface area contributed by atoms with Crippen molar-refractivity contribution in [3.63, 3.8) is 0 Å². The van der Waals surface area contributed by atoms with E-state index in [4.69, 9.17) is 54.0 Å². The van der Waals surface area contributed by atoms with Crippen molar-refractivity contribution in [3.8, 4) is 0 Å². The molecular formula is C76H87N5O29. The number of amides is 3. The Morgan fingerprint density at radius 2 is 0.455 bits per heavy atom. The molecule has 110 heavy (non-hydrogen) atoms. The van der Waals surface area contributed by atoms with Gasteiger partial charge in [-0.15, -0.1) is 0 Å². The Bertz CT molecular complexity index is 3660. The number of aliphatic carboxylic acids is 5. The van der Waals surface area contributed by atoms with Gasteiger partial charge in [0.05, 0.1) is 59.7 Å². The van der Waals surface area contributed by atoms with Gasteiger partial charge >= 0.3 is 77.6 Å². The van der Waals surface area contributed by atoms with Gasteiger partial charge in [0.2, 0.25) is 17.7 Å². The Hall–Kier alpha value is -13.2. The molecule has 7 N–H and O–H groups in total. The molecule has 0 atom stereocenters. The molecule has 0 aliphatic heterocycles. The molecule has 6 aromatic carbocycles. The predicted octanol–water partition coefficient (Wildman–Crippen LogP) is 4.17. The summed E-state index contributed by atoms with van der Waals surface area (Å²) in [7, 11) is 2.37. The highest BCUT2D eigenvalue weighted by atomic mass is 16.6. The lowest BCUT2D eigenvalue weighted by Gasteiger charge is -2.21. The van der Waals surface area contributed by atoms with Crippen LogP contribution in [0.15, 0.2) is 182 Å². The van der Waals surface area contributed by atoms with E-state index in [-0.39, 0.29) is 97.9 Å². The van der Waals surface area contributed by atoms with Crippen molar-refractivity contribution in [2.75, 3.05) is 79.7 Å². The van der Waals surface area contributed by atoms with Crippen molar-refractivity contribution in [1.29, 1.82) is 0 Å². The summed E-state index contributed by atoms with van der Waals surface area (Å²) >= 11 is 0. The first kappa shape index (κ1) is 92.8. The van der Waals surface area contributed by atoms with Gasteiger partial charge in [-0.05, 0) is 33.4 Å². The van der Waals surface area contributed by atoms with Crippen LogP contribution in [0.1, 0.15) is 71.9 Å². The third kappa shape index (κ3) is 48.0. The minimum absolute atomic E-state index is 0.0231. The van der Waals surface area contributed by atoms with Gasteiger partial charge in [-0.1, -0.05) is 182 Å². The van der Waals surface area contributed by atoms with Gasteiger partial charge in [0.1, 0.15) is 78.9 Å². The van der Waals surface area contributed by atoms with E-state index in [0.29, 0.717) is 4.90 Å². The molecule has 34 nitrogen and oxygen atoms in total. The molecule has 0 bridgehead atoms. The zero-order valence-electron chi connectivity index (χ0n) is 60.3. The summed E-state index contributed by atoms with van der Waals surface area (Å²) in [6.07, 6.45) is -1.62. The van der Waals surface area contributed by atoms with E-state index < -0.39 is 141 Å². The average molecular weight is 1530 g/mol. The molecule has 0 fully saturated rings. The lowest BCUT2D eigenvalue weighted by molar-refractivity contribution is -0.156. The van der Waals surface area contributed by atoms with Gasteiger partial charge in [0.25, 0.3) is 0 Å². The normalized spacial score (nSPS) is 9.91. The summed E-state index contributed by atoms with van der Waals surface area (Å²) < 4.78 is 39.7. The number of nitrogens with one attached hydrogen (secondary N) is 2. The molecule has 3 amide bonds. The van der Waals surface area contributed by atoms with E-state index in [1.165, 1.54) is 7.11 Å². The minimum Gasteiger partial charge on any atom is -0.481 e. The molecule has 0 radical (unpaired) electrons. The molecule has 0 saturated heterocycles. The fourth-order valence-corrected chi connectivity index (χ4v) is 8.21. The molecule has 6 aromatic rings. The second-order valence-corrected chi connectivity index (χ2v) is 22.5. The number of rotatable bonds is 41. The van der Waals surface area contributed by atoms with E-state index in [1.807, 2.05) is 109 Å². The Balaban J connectivity index is 0.000000488. The third-order valence-corrected chi connectivity index (χ3v) is 13.6. The SMILES string of the molecule is COC(=O)CCC(=O)N(CC(=O)O)CC(=O)O.COC(=O)CCC(=O)N(CC(=O)OCc1ccccc1)CC(=O)OCc1ccccc1.O=C(CNCC(=O)OCc1ccccc1)OCc1ccccc1.O=C(O)CCC(=O)N(CC(=O)OCc1ccccc1)CC(=O)OCc1ccccc1.O=C(O)CNCC(=O)O. The van der Waals surface area contributed by atoms with Crippen molar-refractivity contribution >= 4 is 95.3 Å². The molecule has 0 aliphatic rings. The van der Waals surface area contributed by atoms with Gasteiger partial charge < -0.3 is 78.1 Å². The van der Waals surface area contributed by atoms with Gasteiger partial charge in [-0.2, -0.15) is 0 Å². The molecule has 34 heteroatoms. The monoisotopic (exact) mass is 1530 g/mol. The summed E-state index contributed by atoms with van der Waals surface area (Å²) in [6, 6.07) is 54.9. The predicted molar refractivity (Wildman–Crippen MR) is 383 cm³/mol. The van der Waals surface area contributed by atoms with Crippen LogP contribution in [-0.4, -0.2) is 215 Å². The second-order valence-electron chi connectivity index (χ2n) is 22.5. The lowest BCUT2D eigenvalue weighted by Crippen LogP contribution is -2.40. The summed E-state index contributed by atoms with van der Waals surface area (Å²) in [5, 5.41) is 46.6. The molecule has 0 heterocycles. The highest BCUT2D eigenvalue weighted by Crippen LogP contribution is 2.10. The summed E-state index contributed by atoms with van der Waals surface area (Å²) in [5.41, 5.74) is 4.98. The maximum Gasteiger partial charge on any atom is 0.325 e. The fourth-order valence-electron chi connectivity index (χ4n) is 8.21. The van der Waals surface area contributed by atoms with Gasteiger partial charge in [-0.25, -0.2) is 0 Å². The Morgan fingerprint density at radius 1 is 0.245 bits per heavy atom. The standard InChI is InChI=1S/C23H25NO7.C22H23NO7.C18H19NO4.C9H13NO7.C4H7NO4/c1-29-21(26)13-12-20(25)24(14-22(27)30-16-18-8-4-2-5-9-18)15-23(28)31-17-19-10-6-3-7-11-19;24-19(11-12-20(25)26)23(13-21(27)29-15-17-7-3-1-4-8-17)14-22(28)30-16-18-9-5-2-6-10-18;20-17(22-13-15-7-3-1-4-8-15)11-19-12-18(21)23-14-16-9-5-2-6-10-16;1-17-9(16)3-2-6(11)10(4-7(12)13)5-8(14)15;6-3(7)1-5-2-4(8)9/h2-11H,12-17H2,1H3;1-10H,11-16H2,(H,25,26);1-10,19H,11-14H2;2-5H2,1H3,(H,12,13)(H,14,15);5H,1-2H2,(H,6,7)(H,8,9). The molecule has 0 aliphatic carbocycles. The van der Waals surface area contributed by atoms with Crippen molar-refractivity contribution in [3.05, 3.63) is 215 Å². The summed E-state index contributed by atoms with van der Waals surface area (Å²) in [5.74, 6) is -12.6. The quantitative estimate of drug-likeness (QED) is 0.0209. The zero-order valence-corrected chi connectivity index (χ0v) is 60.3. The largest absolute Gasteiger partial charge is 0.481 e. The topological polar surface area (TPSA) is 482 Å². The van der Waals surface area contributed by atoms with Gasteiger partial charge in [0, 0.05) is 19.3 Å². The van der Waals surface area contributed by atoms with Crippen LogP contribution in [0.3, 0.4) is 0 Å². The van der Waals surface area contributed by atoms with Gasteiger partial charge in [0.15, 0.2) is 0 Å². The number of carboxylic acid groups (broad SMARTS) is 5. The molecule has 6 rings (SSSR count). The Kier molecular flexibility index (Phi) is 47.4. The maximum absolute atomic E-state index is 12.5. The van der Waals surface area contributed by atoms with E-state index >= 15 is 0 Å². The van der Waals surface area contributed by atoms with E-state index in [1.54, 1.807) is 72.8 Å². The number of nitrogens with zero attached hydrogens (tertiary/aromatic N) is 3. The maximum atomic E-state index is 12.5. The first-order chi connectivity index (χ1) is 52.6. The van der Waals surface area contributed by atoms with Crippen molar-refractivity contribution in [1.82, 2.24) is 25.3 Å². The van der Waals surface area contributed by atoms with Crippen LogP contribution in [0.4, 0.5) is 0 Å². The van der Waals surface area contributed by atoms with Crippen LogP contribution in [0.25, 0.3) is 0 Å². The second kappa shape index (κ2) is 56.1. The molecule has 0 saturated carbocycles. The highest BCUT2D eigenvalue weighted by molar-refractivity contribution is 5.90. The first-order valence-electron chi connectivity index (χ1n) is 33.3. The molecular weight excluding hydrogens is 1450 g/mol. The fraction of sp³-hybridized carbons (Fsp3) is 0.316. The van der Waals surface area contributed by atoms with Crippen LogP contribution >= 0.6 is 0 Å². The van der Waals surface area contributed by atoms with Crippen LogP contribution < -0.4 is 10.6 Å². The number of carboxylic acids is 5. The zero-order chi connectivity index (χ0) is 81.3. The average Bonchev–Trinajstić information content (AvgIpc) is 1.06. The van der Waals surface area contributed by atoms with E-state index in [9.17, 15) is 76.7 Å². The van der Waals surface area contributed by atoms with E-state index in [0.717, 1.165) is 50.3 Å². The Labute approximate surface area is 631 Å². The van der Waals surface area contributed by atoms with Crippen molar-refractivity contribution < 1.29 is 140 Å². The first-order valence-corrected chi connectivity index (χ1v) is 33.3. The van der Waals surface area contributed by atoms with Crippen molar-refractivity contribution in [2.45, 2.75) is 78.2 Å². The number of methoxy groups -OCH3 is 2. The number of esters is 8. The number of carbonyl (C=O) groups is 16. The Morgan fingerprint density at radius 3 is 0.664 bits per heavy atom. The molecule has 0 unspecified atom stereocenters. The summed E-state index contributed by atoms with van der Waals surface area (Å²) in [4.78, 5) is 184. The van der Waals surface area contributed by atoms with Crippen LogP contribution in [0, 0.1) is 0 Å². The third-order valence-electron chi connectivity index (χ3n) is 13.6. The number of ether oxygens (including phenoxy) is 8. The number of benzene rings is 6. The number of hydrogen-bond acceptors (Lipinski definition) is 26. The van der Waals surface area contributed by atoms with Crippen molar-refractivity contribution in [2.24, 2.45) is 0 Å². The smallest absolute Gasteiger partial charge is 0.325 e. The molecule has 0 aromatic heterocycles. The van der Waals surface area contributed by atoms with Crippen LogP contribution in [-0.2, 0) is 154 Å². The molecule has 590 valence electrons.